The van der Waals surface area contributed by atoms with Crippen molar-refractivity contribution >= 4 is 6.03 Å². The molecule has 6 nitrogen and oxygen atoms in total. The number of nitrogens with one attached hydrogen (secondary N) is 2. The van der Waals surface area contributed by atoms with Gasteiger partial charge in [0.2, 0.25) is 0 Å². The van der Waals surface area contributed by atoms with Crippen molar-refractivity contribution in [2.24, 2.45) is 0 Å². The second kappa shape index (κ2) is 7.30. The van der Waals surface area contributed by atoms with Crippen LogP contribution in [0.15, 0.2) is 40.8 Å². The summed E-state index contributed by atoms with van der Waals surface area (Å²) in [5, 5.41) is 13.1. The number of amides is 2. The van der Waals surface area contributed by atoms with E-state index in [9.17, 15) is 9.90 Å². The maximum Gasteiger partial charge on any atom is 0.338 e. The van der Waals surface area contributed by atoms with Crippen LogP contribution in [0.4, 0.5) is 4.79 Å². The first-order chi connectivity index (χ1) is 10.9. The molecule has 0 saturated heterocycles. The number of hydroxylamine groups is 1. The zero-order valence-corrected chi connectivity index (χ0v) is 13.6. The molecule has 6 heteroatoms. The van der Waals surface area contributed by atoms with E-state index in [-0.39, 0.29) is 13.2 Å². The van der Waals surface area contributed by atoms with Gasteiger partial charge < -0.3 is 14.8 Å². The first kappa shape index (κ1) is 17.1. The lowest BCUT2D eigenvalue weighted by molar-refractivity contribution is 0.0373. The Balaban J connectivity index is 1.78. The minimum absolute atomic E-state index is 0.0351. The fourth-order valence-electron chi connectivity index (χ4n) is 2.31. The molecule has 1 atom stereocenters. The maximum atomic E-state index is 11.7. The monoisotopic (exact) mass is 318 g/mol. The molecule has 0 aliphatic carbocycles. The number of rotatable bonds is 6. The van der Waals surface area contributed by atoms with Gasteiger partial charge in [0.25, 0.3) is 0 Å². The van der Waals surface area contributed by atoms with Crippen LogP contribution < -0.4 is 10.8 Å². The third-order valence-electron chi connectivity index (χ3n) is 3.46. The predicted molar refractivity (Wildman–Crippen MR) is 85.5 cm³/mol. The number of benzene rings is 1. The molecule has 1 aromatic carbocycles. The number of aryl methyl sites for hydroxylation is 2. The van der Waals surface area contributed by atoms with E-state index in [2.05, 4.69) is 10.8 Å². The molecular formula is C17H22N2O4. The molecule has 1 unspecified atom stereocenters. The molecule has 0 radical (unpaired) electrons. The van der Waals surface area contributed by atoms with E-state index < -0.39 is 11.6 Å². The van der Waals surface area contributed by atoms with Crippen molar-refractivity contribution < 1.29 is 19.2 Å². The lowest BCUT2D eigenvalue weighted by Gasteiger charge is -2.23. The van der Waals surface area contributed by atoms with E-state index in [4.69, 9.17) is 9.25 Å². The summed E-state index contributed by atoms with van der Waals surface area (Å²) in [7, 11) is 0. The van der Waals surface area contributed by atoms with Crippen LogP contribution in [0.5, 0.6) is 0 Å². The van der Waals surface area contributed by atoms with Crippen LogP contribution in [0, 0.1) is 13.8 Å². The average molecular weight is 318 g/mol. The van der Waals surface area contributed by atoms with Gasteiger partial charge in [-0.2, -0.15) is 0 Å². The Hall–Kier alpha value is -2.31. The molecule has 2 amide bonds. The van der Waals surface area contributed by atoms with Crippen molar-refractivity contribution in [3.8, 4) is 0 Å². The van der Waals surface area contributed by atoms with Crippen molar-refractivity contribution in [3.05, 3.63) is 59.0 Å². The highest BCUT2D eigenvalue weighted by Gasteiger charge is 2.28. The van der Waals surface area contributed by atoms with Gasteiger partial charge in [0, 0.05) is 5.56 Å². The summed E-state index contributed by atoms with van der Waals surface area (Å²) in [5.41, 5.74) is 2.67. The Morgan fingerprint density at radius 2 is 2.00 bits per heavy atom. The van der Waals surface area contributed by atoms with Gasteiger partial charge in [-0.15, -0.1) is 0 Å². The SMILES string of the molecule is Cc1cc(C(C)(O)CNC(=O)NOCc2ccccc2)c(C)o1. The molecule has 1 heterocycles. The van der Waals surface area contributed by atoms with Crippen LogP contribution in [-0.2, 0) is 17.0 Å². The van der Waals surface area contributed by atoms with Gasteiger partial charge in [-0.05, 0) is 32.4 Å². The lowest BCUT2D eigenvalue weighted by atomic mass is 9.96. The molecule has 0 fully saturated rings. The number of hydrogen-bond acceptors (Lipinski definition) is 4. The van der Waals surface area contributed by atoms with Crippen molar-refractivity contribution in [1.82, 2.24) is 10.8 Å². The van der Waals surface area contributed by atoms with Crippen molar-refractivity contribution in [2.45, 2.75) is 33.0 Å². The van der Waals surface area contributed by atoms with E-state index in [1.165, 1.54) is 0 Å². The van der Waals surface area contributed by atoms with E-state index >= 15 is 0 Å². The summed E-state index contributed by atoms with van der Waals surface area (Å²) < 4.78 is 5.41. The van der Waals surface area contributed by atoms with E-state index in [1.807, 2.05) is 37.3 Å². The fourth-order valence-corrected chi connectivity index (χ4v) is 2.31. The number of carbonyl (C=O) groups excluding carboxylic acids is 1. The molecular weight excluding hydrogens is 296 g/mol. The summed E-state index contributed by atoms with van der Waals surface area (Å²) in [6, 6.07) is 10.7. The highest BCUT2D eigenvalue weighted by Crippen LogP contribution is 2.26. The second-order valence-corrected chi connectivity index (χ2v) is 5.66. The topological polar surface area (TPSA) is 83.7 Å². The van der Waals surface area contributed by atoms with Gasteiger partial charge in [0.05, 0.1) is 13.2 Å². The second-order valence-electron chi connectivity index (χ2n) is 5.66. The molecule has 0 aliphatic heterocycles. The fraction of sp³-hybridized carbons (Fsp3) is 0.353. The minimum Gasteiger partial charge on any atom is -0.466 e. The van der Waals surface area contributed by atoms with Crippen LogP contribution in [0.25, 0.3) is 0 Å². The molecule has 0 bridgehead atoms. The largest absolute Gasteiger partial charge is 0.466 e. The molecule has 2 rings (SSSR count). The van der Waals surface area contributed by atoms with E-state index in [0.717, 1.165) is 5.56 Å². The van der Waals surface area contributed by atoms with Gasteiger partial charge in [0.15, 0.2) is 0 Å². The first-order valence-corrected chi connectivity index (χ1v) is 7.38. The number of urea groups is 1. The lowest BCUT2D eigenvalue weighted by Crippen LogP contribution is -2.43. The van der Waals surface area contributed by atoms with Crippen LogP contribution in [0.2, 0.25) is 0 Å². The highest BCUT2D eigenvalue weighted by atomic mass is 16.7. The standard InChI is InChI=1S/C17H22N2O4/c1-12-9-15(13(2)23-12)17(3,21)11-18-16(20)19-22-10-14-7-5-4-6-8-14/h4-9,21H,10-11H2,1-3H3,(H2,18,19,20). The Kier molecular flexibility index (Phi) is 5.41. The Morgan fingerprint density at radius 3 is 2.61 bits per heavy atom. The molecule has 0 spiro atoms. The van der Waals surface area contributed by atoms with Crippen LogP contribution in [0.3, 0.4) is 0 Å². The average Bonchev–Trinajstić information content (AvgIpc) is 2.86. The normalized spacial score (nSPS) is 13.4. The number of furan rings is 1. The van der Waals surface area contributed by atoms with E-state index in [1.54, 1.807) is 19.9 Å². The first-order valence-electron chi connectivity index (χ1n) is 7.38. The van der Waals surface area contributed by atoms with Crippen LogP contribution in [0.1, 0.15) is 29.6 Å². The van der Waals surface area contributed by atoms with Crippen molar-refractivity contribution in [3.63, 3.8) is 0 Å². The zero-order valence-electron chi connectivity index (χ0n) is 13.6. The van der Waals surface area contributed by atoms with Crippen LogP contribution in [-0.4, -0.2) is 17.7 Å². The van der Waals surface area contributed by atoms with Gasteiger partial charge in [0.1, 0.15) is 17.1 Å². The number of carbonyl (C=O) groups is 1. The molecule has 23 heavy (non-hydrogen) atoms. The van der Waals surface area contributed by atoms with Crippen molar-refractivity contribution in [1.29, 1.82) is 0 Å². The quantitative estimate of drug-likeness (QED) is 0.715. The van der Waals surface area contributed by atoms with Gasteiger partial charge in [-0.25, -0.2) is 10.3 Å². The van der Waals surface area contributed by atoms with Gasteiger partial charge in [-0.1, -0.05) is 30.3 Å². The maximum absolute atomic E-state index is 11.7. The summed E-state index contributed by atoms with van der Waals surface area (Å²) in [6.07, 6.45) is 0. The molecule has 124 valence electrons. The molecule has 0 saturated carbocycles. The number of aliphatic hydroxyl groups is 1. The predicted octanol–water partition coefficient (Wildman–Crippen LogP) is 2.53. The van der Waals surface area contributed by atoms with E-state index in [0.29, 0.717) is 17.1 Å². The Labute approximate surface area is 135 Å². The molecule has 1 aromatic heterocycles. The summed E-state index contributed by atoms with van der Waals surface area (Å²) in [4.78, 5) is 16.8. The van der Waals surface area contributed by atoms with Gasteiger partial charge >= 0.3 is 6.03 Å². The number of hydrogen-bond donors (Lipinski definition) is 3. The van der Waals surface area contributed by atoms with Gasteiger partial charge in [-0.3, -0.25) is 4.84 Å². The zero-order chi connectivity index (χ0) is 16.9. The summed E-state index contributed by atoms with van der Waals surface area (Å²) in [5.74, 6) is 1.35. The summed E-state index contributed by atoms with van der Waals surface area (Å²) in [6.45, 7) is 5.51. The highest BCUT2D eigenvalue weighted by molar-refractivity contribution is 5.72. The van der Waals surface area contributed by atoms with Crippen LogP contribution >= 0.6 is 0 Å². The minimum atomic E-state index is -1.22. The Morgan fingerprint density at radius 1 is 1.30 bits per heavy atom. The van der Waals surface area contributed by atoms with Crippen molar-refractivity contribution in [2.75, 3.05) is 6.54 Å². The molecule has 3 N–H and O–H groups in total. The molecule has 2 aromatic rings. The third kappa shape index (κ3) is 4.84. The third-order valence-corrected chi connectivity index (χ3v) is 3.46. The molecule has 0 aliphatic rings. The Bertz CT molecular complexity index is 650. The smallest absolute Gasteiger partial charge is 0.338 e. The summed E-state index contributed by atoms with van der Waals surface area (Å²) >= 11 is 0.